The Morgan fingerprint density at radius 2 is 2.36 bits per heavy atom. The first-order valence-corrected chi connectivity index (χ1v) is 5.14. The molecule has 0 bridgehead atoms. The Morgan fingerprint density at radius 3 is 3.00 bits per heavy atom. The maximum atomic E-state index is 8.96. The Hall–Kier alpha value is -0.950. The zero-order chi connectivity index (χ0) is 9.97. The highest BCUT2D eigenvalue weighted by atomic mass is 127. The van der Waals surface area contributed by atoms with Crippen LogP contribution in [0.1, 0.15) is 5.56 Å². The van der Waals surface area contributed by atoms with E-state index >= 15 is 0 Å². The first-order valence-electron chi connectivity index (χ1n) is 4.06. The van der Waals surface area contributed by atoms with Crippen molar-refractivity contribution in [3.63, 3.8) is 0 Å². The molecule has 0 fully saturated rings. The predicted octanol–water partition coefficient (Wildman–Crippen LogP) is 1.36. The smallest absolute Gasteiger partial charge is 0.153 e. The molecule has 0 aromatic carbocycles. The fraction of sp³-hybridized carbons (Fsp3) is 0.111. The lowest BCUT2D eigenvalue weighted by Crippen LogP contribution is -1.98. The topological polar surface area (TPSA) is 50.9 Å². The molecule has 5 heteroatoms. The molecule has 14 heavy (non-hydrogen) atoms. The van der Waals surface area contributed by atoms with Crippen molar-refractivity contribution in [3.05, 3.63) is 39.9 Å². The van der Waals surface area contributed by atoms with Gasteiger partial charge in [-0.2, -0.15) is 5.10 Å². The standard InChI is InChI=1S/C9H8IN3O/c10-8-4-12-13(5-8)9-3-7(6-14)1-2-11-9/h1-5,14H,6H2. The third-order valence-corrected chi connectivity index (χ3v) is 2.34. The van der Waals surface area contributed by atoms with Gasteiger partial charge in [0.25, 0.3) is 0 Å². The fourth-order valence-electron chi connectivity index (χ4n) is 1.11. The van der Waals surface area contributed by atoms with Gasteiger partial charge in [0.15, 0.2) is 5.82 Å². The summed E-state index contributed by atoms with van der Waals surface area (Å²) < 4.78 is 2.74. The van der Waals surface area contributed by atoms with Crippen LogP contribution in [0, 0.1) is 3.57 Å². The van der Waals surface area contributed by atoms with Crippen LogP contribution >= 0.6 is 22.6 Å². The zero-order valence-electron chi connectivity index (χ0n) is 7.26. The van der Waals surface area contributed by atoms with Crippen molar-refractivity contribution in [3.8, 4) is 5.82 Å². The second kappa shape index (κ2) is 4.05. The predicted molar refractivity (Wildman–Crippen MR) is 60.0 cm³/mol. The Morgan fingerprint density at radius 1 is 1.50 bits per heavy atom. The van der Waals surface area contributed by atoms with Crippen molar-refractivity contribution in [2.45, 2.75) is 6.61 Å². The van der Waals surface area contributed by atoms with Crippen molar-refractivity contribution < 1.29 is 5.11 Å². The van der Waals surface area contributed by atoms with E-state index in [4.69, 9.17) is 5.11 Å². The van der Waals surface area contributed by atoms with E-state index in [9.17, 15) is 0 Å². The summed E-state index contributed by atoms with van der Waals surface area (Å²) in [5.41, 5.74) is 0.834. The van der Waals surface area contributed by atoms with Crippen LogP contribution in [-0.2, 0) is 6.61 Å². The van der Waals surface area contributed by atoms with Crippen LogP contribution in [-0.4, -0.2) is 19.9 Å². The van der Waals surface area contributed by atoms with Crippen molar-refractivity contribution >= 4 is 22.6 Å². The van der Waals surface area contributed by atoms with Gasteiger partial charge in [0.05, 0.1) is 16.4 Å². The number of aliphatic hydroxyl groups is 1. The molecule has 2 heterocycles. The highest BCUT2D eigenvalue weighted by Gasteiger charge is 2.00. The maximum Gasteiger partial charge on any atom is 0.153 e. The summed E-state index contributed by atoms with van der Waals surface area (Å²) in [7, 11) is 0. The van der Waals surface area contributed by atoms with Crippen molar-refractivity contribution in [2.24, 2.45) is 0 Å². The normalized spacial score (nSPS) is 10.4. The molecular weight excluding hydrogens is 293 g/mol. The first kappa shape index (κ1) is 9.60. The first-order chi connectivity index (χ1) is 6.79. The molecule has 0 spiro atoms. The second-order valence-corrected chi connectivity index (χ2v) is 4.03. The molecule has 2 aromatic heterocycles. The van der Waals surface area contributed by atoms with Crippen LogP contribution in [0.25, 0.3) is 5.82 Å². The molecule has 0 aliphatic rings. The SMILES string of the molecule is OCc1ccnc(-n2cc(I)cn2)c1. The summed E-state index contributed by atoms with van der Waals surface area (Å²) in [6, 6.07) is 3.58. The number of hydrogen-bond acceptors (Lipinski definition) is 3. The van der Waals surface area contributed by atoms with Gasteiger partial charge in [0.2, 0.25) is 0 Å². The molecule has 0 atom stereocenters. The number of aliphatic hydroxyl groups excluding tert-OH is 1. The van der Waals surface area contributed by atoms with Gasteiger partial charge in [-0.1, -0.05) is 0 Å². The molecule has 0 saturated heterocycles. The summed E-state index contributed by atoms with van der Waals surface area (Å²) in [6.45, 7) is 0.0217. The molecular formula is C9H8IN3O. The van der Waals surface area contributed by atoms with Gasteiger partial charge >= 0.3 is 0 Å². The molecule has 0 unspecified atom stereocenters. The molecule has 0 saturated carbocycles. The van der Waals surface area contributed by atoms with E-state index in [1.54, 1.807) is 23.1 Å². The number of hydrogen-bond donors (Lipinski definition) is 1. The molecule has 0 radical (unpaired) electrons. The Balaban J connectivity index is 2.41. The molecule has 0 aliphatic carbocycles. The van der Waals surface area contributed by atoms with E-state index in [-0.39, 0.29) is 6.61 Å². The monoisotopic (exact) mass is 301 g/mol. The van der Waals surface area contributed by atoms with Crippen molar-refractivity contribution in [1.82, 2.24) is 14.8 Å². The third kappa shape index (κ3) is 1.93. The average molecular weight is 301 g/mol. The van der Waals surface area contributed by atoms with Crippen LogP contribution in [0.5, 0.6) is 0 Å². The van der Waals surface area contributed by atoms with Gasteiger partial charge < -0.3 is 5.11 Å². The van der Waals surface area contributed by atoms with E-state index in [1.165, 1.54) is 0 Å². The highest BCUT2D eigenvalue weighted by Crippen LogP contribution is 2.09. The van der Waals surface area contributed by atoms with Crippen molar-refractivity contribution in [1.29, 1.82) is 0 Å². The lowest BCUT2D eigenvalue weighted by molar-refractivity contribution is 0.281. The largest absolute Gasteiger partial charge is 0.392 e. The number of pyridine rings is 1. The van der Waals surface area contributed by atoms with E-state index in [2.05, 4.69) is 32.7 Å². The molecule has 72 valence electrons. The number of halogens is 1. The molecule has 2 rings (SSSR count). The van der Waals surface area contributed by atoms with Gasteiger partial charge in [-0.15, -0.1) is 0 Å². The van der Waals surface area contributed by atoms with Gasteiger partial charge in [-0.05, 0) is 40.3 Å². The Bertz CT molecular complexity index is 441. The summed E-state index contributed by atoms with van der Waals surface area (Å²) in [4.78, 5) is 4.16. The minimum absolute atomic E-state index is 0.0217. The van der Waals surface area contributed by atoms with Crippen LogP contribution < -0.4 is 0 Å². The average Bonchev–Trinajstić information content (AvgIpc) is 2.65. The Labute approximate surface area is 94.7 Å². The van der Waals surface area contributed by atoms with Crippen LogP contribution in [0.3, 0.4) is 0 Å². The van der Waals surface area contributed by atoms with Crippen molar-refractivity contribution in [2.75, 3.05) is 0 Å². The number of rotatable bonds is 2. The highest BCUT2D eigenvalue weighted by molar-refractivity contribution is 14.1. The van der Waals surface area contributed by atoms with E-state index < -0.39 is 0 Å². The number of nitrogens with zero attached hydrogens (tertiary/aromatic N) is 3. The van der Waals surface area contributed by atoms with Gasteiger partial charge in [-0.25, -0.2) is 9.67 Å². The Kier molecular flexibility index (Phi) is 2.78. The molecule has 1 N–H and O–H groups in total. The van der Waals surface area contributed by atoms with Gasteiger partial charge in [-0.3, -0.25) is 0 Å². The van der Waals surface area contributed by atoms with Gasteiger partial charge in [0, 0.05) is 12.4 Å². The van der Waals surface area contributed by atoms with Crippen LogP contribution in [0.2, 0.25) is 0 Å². The minimum Gasteiger partial charge on any atom is -0.392 e. The summed E-state index contributed by atoms with van der Waals surface area (Å²) in [6.07, 6.45) is 5.30. The summed E-state index contributed by atoms with van der Waals surface area (Å²) >= 11 is 2.18. The quantitative estimate of drug-likeness (QED) is 0.852. The van der Waals surface area contributed by atoms with Gasteiger partial charge in [0.1, 0.15) is 0 Å². The maximum absolute atomic E-state index is 8.96. The molecule has 2 aromatic rings. The van der Waals surface area contributed by atoms with Crippen LogP contribution in [0.15, 0.2) is 30.7 Å². The van der Waals surface area contributed by atoms with Crippen LogP contribution in [0.4, 0.5) is 0 Å². The third-order valence-electron chi connectivity index (χ3n) is 1.78. The van der Waals surface area contributed by atoms with E-state index in [0.717, 1.165) is 15.0 Å². The molecule has 0 amide bonds. The lowest BCUT2D eigenvalue weighted by Gasteiger charge is -2.01. The van der Waals surface area contributed by atoms with E-state index in [1.807, 2.05) is 12.3 Å². The summed E-state index contributed by atoms with van der Waals surface area (Å²) in [5, 5.41) is 13.1. The van der Waals surface area contributed by atoms with E-state index in [0.29, 0.717) is 0 Å². The second-order valence-electron chi connectivity index (χ2n) is 2.78. The fourth-order valence-corrected chi connectivity index (χ4v) is 1.50. The zero-order valence-corrected chi connectivity index (χ0v) is 9.42. The number of aromatic nitrogens is 3. The molecule has 4 nitrogen and oxygen atoms in total. The molecule has 0 aliphatic heterocycles. The minimum atomic E-state index is 0.0217. The summed E-state index contributed by atoms with van der Waals surface area (Å²) in [5.74, 6) is 0.722. The lowest BCUT2D eigenvalue weighted by atomic mass is 10.3.